The van der Waals surface area contributed by atoms with E-state index < -0.39 is 0 Å². The first-order valence-corrected chi connectivity index (χ1v) is 6.49. The van der Waals surface area contributed by atoms with E-state index in [2.05, 4.69) is 26.2 Å². The second kappa shape index (κ2) is 5.17. The molecule has 86 valence electrons. The number of halogens is 1. The number of nitrogen functional groups attached to an aromatic ring is 1. The minimum atomic E-state index is 0.463. The van der Waals surface area contributed by atoms with Crippen molar-refractivity contribution in [2.45, 2.75) is 6.54 Å². The van der Waals surface area contributed by atoms with Gasteiger partial charge < -0.3 is 11.1 Å². The highest BCUT2D eigenvalue weighted by Crippen LogP contribution is 2.24. The minimum Gasteiger partial charge on any atom is -0.396 e. The second-order valence-corrected chi connectivity index (χ2v) is 5.17. The van der Waals surface area contributed by atoms with Gasteiger partial charge in [-0.15, -0.1) is 11.3 Å². The number of nitrogens with one attached hydrogen (secondary N) is 1. The van der Waals surface area contributed by atoms with Gasteiger partial charge in [-0.05, 0) is 33.4 Å². The standard InChI is InChI=1S/C11H9BrN4S/c12-8-1-2-17-10(8)6-16-11-9(14)3-7(4-13)5-15-11/h1-3,5H,6,14H2,(H,15,16). The molecule has 0 aromatic carbocycles. The molecule has 0 atom stereocenters. The summed E-state index contributed by atoms with van der Waals surface area (Å²) in [5.74, 6) is 0.601. The van der Waals surface area contributed by atoms with Gasteiger partial charge in [-0.1, -0.05) is 0 Å². The summed E-state index contributed by atoms with van der Waals surface area (Å²) in [4.78, 5) is 5.29. The normalized spacial score (nSPS) is 9.88. The van der Waals surface area contributed by atoms with Gasteiger partial charge in [0, 0.05) is 15.5 Å². The van der Waals surface area contributed by atoms with Crippen molar-refractivity contribution in [2.24, 2.45) is 0 Å². The molecular formula is C11H9BrN4S. The Morgan fingerprint density at radius 1 is 1.59 bits per heavy atom. The number of hydrogen-bond donors (Lipinski definition) is 2. The monoisotopic (exact) mass is 308 g/mol. The van der Waals surface area contributed by atoms with Gasteiger partial charge in [-0.2, -0.15) is 5.26 Å². The molecule has 2 rings (SSSR count). The Morgan fingerprint density at radius 2 is 2.41 bits per heavy atom. The minimum absolute atomic E-state index is 0.463. The zero-order valence-corrected chi connectivity index (χ0v) is 11.2. The van der Waals surface area contributed by atoms with Crippen molar-refractivity contribution in [1.82, 2.24) is 4.98 Å². The zero-order valence-electron chi connectivity index (χ0n) is 8.77. The molecule has 0 unspecified atom stereocenters. The molecule has 0 radical (unpaired) electrons. The molecule has 0 fully saturated rings. The molecule has 0 saturated carbocycles. The Bertz CT molecular complexity index is 573. The Labute approximate surface area is 111 Å². The van der Waals surface area contributed by atoms with Crippen LogP contribution in [-0.2, 0) is 6.54 Å². The molecule has 0 aliphatic heterocycles. The Hall–Kier alpha value is -1.58. The van der Waals surface area contributed by atoms with Crippen molar-refractivity contribution in [1.29, 1.82) is 5.26 Å². The van der Waals surface area contributed by atoms with Crippen LogP contribution in [0.4, 0.5) is 11.5 Å². The van der Waals surface area contributed by atoms with Crippen molar-refractivity contribution >= 4 is 38.8 Å². The number of pyridine rings is 1. The molecule has 0 amide bonds. The SMILES string of the molecule is N#Cc1cnc(NCc2sccc2Br)c(N)c1. The van der Waals surface area contributed by atoms with E-state index in [9.17, 15) is 0 Å². The predicted octanol–water partition coefficient (Wildman–Crippen LogP) is 2.97. The van der Waals surface area contributed by atoms with Crippen LogP contribution in [0.2, 0.25) is 0 Å². The molecule has 2 aromatic heterocycles. The number of anilines is 2. The number of rotatable bonds is 3. The molecule has 0 bridgehead atoms. The number of nitrogens with two attached hydrogens (primary N) is 1. The van der Waals surface area contributed by atoms with E-state index in [1.165, 1.54) is 11.1 Å². The Kier molecular flexibility index (Phi) is 3.61. The second-order valence-electron chi connectivity index (χ2n) is 3.32. The van der Waals surface area contributed by atoms with Crippen molar-refractivity contribution < 1.29 is 0 Å². The molecule has 4 nitrogen and oxygen atoms in total. The van der Waals surface area contributed by atoms with E-state index >= 15 is 0 Å². The number of nitriles is 1. The van der Waals surface area contributed by atoms with Crippen LogP contribution in [-0.4, -0.2) is 4.98 Å². The van der Waals surface area contributed by atoms with Gasteiger partial charge in [-0.25, -0.2) is 4.98 Å². The fraction of sp³-hybridized carbons (Fsp3) is 0.0909. The van der Waals surface area contributed by atoms with E-state index in [0.717, 1.165) is 4.47 Å². The molecular weight excluding hydrogens is 300 g/mol. The summed E-state index contributed by atoms with van der Waals surface area (Å²) < 4.78 is 1.07. The lowest BCUT2D eigenvalue weighted by Crippen LogP contribution is -2.04. The lowest BCUT2D eigenvalue weighted by molar-refractivity contribution is 1.13. The Balaban J connectivity index is 2.10. The molecule has 6 heteroatoms. The summed E-state index contributed by atoms with van der Waals surface area (Å²) in [6, 6.07) is 5.61. The quantitative estimate of drug-likeness (QED) is 0.914. The van der Waals surface area contributed by atoms with Gasteiger partial charge in [0.1, 0.15) is 11.9 Å². The van der Waals surface area contributed by atoms with Crippen LogP contribution in [0.3, 0.4) is 0 Å². The third-order valence-corrected chi connectivity index (χ3v) is 4.08. The summed E-state index contributed by atoms with van der Waals surface area (Å²) >= 11 is 5.11. The largest absolute Gasteiger partial charge is 0.396 e. The number of aromatic nitrogens is 1. The van der Waals surface area contributed by atoms with Gasteiger partial charge in [0.25, 0.3) is 0 Å². The van der Waals surface area contributed by atoms with Crippen LogP contribution in [0.5, 0.6) is 0 Å². The maximum atomic E-state index is 8.70. The van der Waals surface area contributed by atoms with E-state index in [1.54, 1.807) is 17.4 Å². The van der Waals surface area contributed by atoms with Crippen molar-refractivity contribution in [3.05, 3.63) is 38.6 Å². The smallest absolute Gasteiger partial charge is 0.149 e. The fourth-order valence-electron chi connectivity index (χ4n) is 1.31. The maximum Gasteiger partial charge on any atom is 0.149 e. The molecule has 2 heterocycles. The summed E-state index contributed by atoms with van der Waals surface area (Å²) in [6.07, 6.45) is 1.50. The molecule has 0 aliphatic carbocycles. The van der Waals surface area contributed by atoms with E-state index in [1.807, 2.05) is 17.5 Å². The topological polar surface area (TPSA) is 74.7 Å². The van der Waals surface area contributed by atoms with Crippen LogP contribution in [0.1, 0.15) is 10.4 Å². The number of nitrogens with zero attached hydrogens (tertiary/aromatic N) is 2. The van der Waals surface area contributed by atoms with Crippen molar-refractivity contribution in [3.8, 4) is 6.07 Å². The summed E-state index contributed by atoms with van der Waals surface area (Å²) in [6.45, 7) is 0.654. The third-order valence-electron chi connectivity index (χ3n) is 2.15. The van der Waals surface area contributed by atoms with Crippen LogP contribution in [0.15, 0.2) is 28.2 Å². The predicted molar refractivity (Wildman–Crippen MR) is 72.7 cm³/mol. The highest BCUT2D eigenvalue weighted by atomic mass is 79.9. The molecule has 2 aromatic rings. The van der Waals surface area contributed by atoms with Gasteiger partial charge in [0.05, 0.1) is 17.8 Å². The molecule has 0 spiro atoms. The summed E-state index contributed by atoms with van der Waals surface area (Å²) in [5, 5.41) is 13.9. The van der Waals surface area contributed by atoms with Gasteiger partial charge in [-0.3, -0.25) is 0 Å². The average Bonchev–Trinajstić information content (AvgIpc) is 2.73. The van der Waals surface area contributed by atoms with Gasteiger partial charge in [0.2, 0.25) is 0 Å². The first kappa shape index (κ1) is 11.9. The van der Waals surface area contributed by atoms with Crippen molar-refractivity contribution in [3.63, 3.8) is 0 Å². The molecule has 17 heavy (non-hydrogen) atoms. The van der Waals surface area contributed by atoms with E-state index in [4.69, 9.17) is 11.0 Å². The highest BCUT2D eigenvalue weighted by molar-refractivity contribution is 9.10. The van der Waals surface area contributed by atoms with Gasteiger partial charge >= 0.3 is 0 Å². The van der Waals surface area contributed by atoms with Crippen LogP contribution >= 0.6 is 27.3 Å². The summed E-state index contributed by atoms with van der Waals surface area (Å²) in [7, 11) is 0. The first-order chi connectivity index (χ1) is 8.20. The highest BCUT2D eigenvalue weighted by Gasteiger charge is 2.04. The molecule has 0 aliphatic rings. The van der Waals surface area contributed by atoms with Crippen LogP contribution in [0.25, 0.3) is 0 Å². The van der Waals surface area contributed by atoms with E-state index in [0.29, 0.717) is 23.6 Å². The first-order valence-electron chi connectivity index (χ1n) is 4.82. The average molecular weight is 309 g/mol. The maximum absolute atomic E-state index is 8.70. The Morgan fingerprint density at radius 3 is 3.00 bits per heavy atom. The van der Waals surface area contributed by atoms with E-state index in [-0.39, 0.29) is 0 Å². The number of hydrogen-bond acceptors (Lipinski definition) is 5. The van der Waals surface area contributed by atoms with Crippen molar-refractivity contribution in [2.75, 3.05) is 11.1 Å². The zero-order chi connectivity index (χ0) is 12.3. The number of thiophene rings is 1. The van der Waals surface area contributed by atoms with Crippen LogP contribution in [0, 0.1) is 11.3 Å². The molecule has 3 N–H and O–H groups in total. The molecule has 0 saturated heterocycles. The fourth-order valence-corrected chi connectivity index (χ4v) is 2.74. The van der Waals surface area contributed by atoms with Gasteiger partial charge in [0.15, 0.2) is 0 Å². The third kappa shape index (κ3) is 2.75. The summed E-state index contributed by atoms with van der Waals surface area (Å²) in [5.41, 5.74) is 6.74. The van der Waals surface area contributed by atoms with Crippen LogP contribution < -0.4 is 11.1 Å². The lowest BCUT2D eigenvalue weighted by Gasteiger charge is -2.07. The lowest BCUT2D eigenvalue weighted by atomic mass is 10.3.